The van der Waals surface area contributed by atoms with Gasteiger partial charge in [-0.25, -0.2) is 4.79 Å². The molecule has 2 unspecified atom stereocenters. The summed E-state index contributed by atoms with van der Waals surface area (Å²) in [5.41, 5.74) is -0.314. The molecule has 0 aliphatic rings. The first-order valence-electron chi connectivity index (χ1n) is 6.88. The first-order valence-corrected chi connectivity index (χ1v) is 8.34. The number of rotatable bonds is 8. The average molecular weight is 372 g/mol. The highest BCUT2D eigenvalue weighted by Gasteiger charge is 2.25. The molecule has 0 aliphatic carbocycles. The van der Waals surface area contributed by atoms with Gasteiger partial charge in [0.2, 0.25) is 0 Å². The van der Waals surface area contributed by atoms with E-state index in [9.17, 15) is 34.2 Å². The fourth-order valence-electron chi connectivity index (χ4n) is 1.85. The number of Topliss-reactive ketones (excluding diaryl/α,β-unsaturated/α-hetero) is 1. The first-order chi connectivity index (χ1) is 11.7. The number of aliphatic hydroxyl groups excluding tert-OH is 2. The smallest absolute Gasteiger partial charge is 0.336 e. The van der Waals surface area contributed by atoms with Gasteiger partial charge < -0.3 is 38.2 Å². The van der Waals surface area contributed by atoms with Crippen LogP contribution in [0.1, 0.15) is 0 Å². The topological polar surface area (TPSA) is 169 Å². The predicted molar refractivity (Wildman–Crippen MR) is 78.6 cm³/mol. The van der Waals surface area contributed by atoms with Crippen LogP contribution >= 0.6 is 7.82 Å². The molecule has 1 aromatic carbocycles. The number of fused-ring (bicyclic) bond motifs is 1. The molecule has 0 spiro atoms. The molecule has 0 saturated heterocycles. The van der Waals surface area contributed by atoms with Gasteiger partial charge in [-0.3, -0.25) is 4.79 Å². The highest BCUT2D eigenvalue weighted by atomic mass is 31.2. The normalized spacial score (nSPS) is 14.2. The van der Waals surface area contributed by atoms with Crippen molar-refractivity contribution >= 4 is 24.6 Å². The lowest BCUT2D eigenvalue weighted by Crippen LogP contribution is -2.40. The van der Waals surface area contributed by atoms with Crippen molar-refractivity contribution in [1.29, 1.82) is 0 Å². The first kappa shape index (κ1) is 19.3. The number of phosphoric acid groups is 1. The van der Waals surface area contributed by atoms with Gasteiger partial charge in [0.15, 0.2) is 5.78 Å². The number of benzene rings is 1. The van der Waals surface area contributed by atoms with Gasteiger partial charge in [0.05, 0.1) is 7.82 Å². The van der Waals surface area contributed by atoms with Gasteiger partial charge in [-0.15, -0.1) is 0 Å². The molecule has 0 saturated carbocycles. The van der Waals surface area contributed by atoms with Gasteiger partial charge in [-0.1, -0.05) is 0 Å². The van der Waals surface area contributed by atoms with Crippen LogP contribution in [0.15, 0.2) is 39.5 Å². The van der Waals surface area contributed by atoms with E-state index in [4.69, 9.17) is 9.15 Å². The van der Waals surface area contributed by atoms with E-state index in [0.29, 0.717) is 5.39 Å². The van der Waals surface area contributed by atoms with Gasteiger partial charge in [0.1, 0.15) is 36.8 Å². The Morgan fingerprint density at radius 2 is 1.92 bits per heavy atom. The molecule has 1 heterocycles. The molecule has 25 heavy (non-hydrogen) atoms. The third kappa shape index (κ3) is 5.75. The molecule has 136 valence electrons. The van der Waals surface area contributed by atoms with E-state index in [-0.39, 0.29) is 11.3 Å². The zero-order valence-electron chi connectivity index (χ0n) is 12.6. The Labute approximate surface area is 140 Å². The molecule has 2 N–H and O–H groups in total. The molecule has 0 amide bonds. The third-order valence-corrected chi connectivity index (χ3v) is 3.52. The third-order valence-electron chi connectivity index (χ3n) is 3.07. The van der Waals surface area contributed by atoms with E-state index in [2.05, 4.69) is 4.52 Å². The molecule has 0 fully saturated rings. The number of phosphoric ester groups is 1. The Morgan fingerprint density at radius 3 is 2.60 bits per heavy atom. The highest BCUT2D eigenvalue weighted by Crippen LogP contribution is 2.24. The quantitative estimate of drug-likeness (QED) is 0.402. The average Bonchev–Trinajstić information content (AvgIpc) is 2.55. The Balaban J connectivity index is 1.94. The summed E-state index contributed by atoms with van der Waals surface area (Å²) in [5, 5.41) is 19.9. The van der Waals surface area contributed by atoms with Crippen molar-refractivity contribution in [3.63, 3.8) is 0 Å². The standard InChI is InChI=1S/C14H15O10P/c15-10(14(18)11(16)7-23-25(19,20)21)6-22-9-3-1-8-2-4-13(17)24-12(8)5-9/h1-5,10,14-15,18H,6-7H2,(H2,19,20,21)/p-2. The molecule has 0 aliphatic heterocycles. The van der Waals surface area contributed by atoms with E-state index in [1.807, 2.05) is 0 Å². The summed E-state index contributed by atoms with van der Waals surface area (Å²) in [4.78, 5) is 43.1. The summed E-state index contributed by atoms with van der Waals surface area (Å²) in [6.07, 6.45) is -3.71. The van der Waals surface area contributed by atoms with Crippen LogP contribution in [0, 0.1) is 0 Å². The summed E-state index contributed by atoms with van der Waals surface area (Å²) in [7, 11) is -5.36. The van der Waals surface area contributed by atoms with Crippen LogP contribution < -0.4 is 20.1 Å². The van der Waals surface area contributed by atoms with Gasteiger partial charge in [0, 0.05) is 17.5 Å². The summed E-state index contributed by atoms with van der Waals surface area (Å²) >= 11 is 0. The van der Waals surface area contributed by atoms with Crippen molar-refractivity contribution < 1.29 is 43.0 Å². The second kappa shape index (κ2) is 7.87. The van der Waals surface area contributed by atoms with Gasteiger partial charge in [-0.2, -0.15) is 0 Å². The molecule has 10 nitrogen and oxygen atoms in total. The summed E-state index contributed by atoms with van der Waals surface area (Å²) in [5.74, 6) is -1.01. The Bertz CT molecular complexity index is 854. The Morgan fingerprint density at radius 1 is 1.24 bits per heavy atom. The molecular weight excluding hydrogens is 359 g/mol. The Kier molecular flexibility index (Phi) is 6.07. The van der Waals surface area contributed by atoms with E-state index < -0.39 is 44.7 Å². The number of hydrogen-bond donors (Lipinski definition) is 2. The largest absolute Gasteiger partial charge is 0.790 e. The fourth-order valence-corrected chi connectivity index (χ4v) is 2.13. The zero-order chi connectivity index (χ0) is 18.6. The fraction of sp³-hybridized carbons (Fsp3) is 0.286. The number of carbonyl (C=O) groups is 1. The van der Waals surface area contributed by atoms with Crippen molar-refractivity contribution in [1.82, 2.24) is 0 Å². The van der Waals surface area contributed by atoms with Crippen LogP contribution in [0.25, 0.3) is 11.0 Å². The molecule has 2 rings (SSSR count). The van der Waals surface area contributed by atoms with Crippen LogP contribution in [-0.4, -0.2) is 41.4 Å². The number of aliphatic hydroxyl groups is 2. The van der Waals surface area contributed by atoms with E-state index in [1.54, 1.807) is 12.1 Å². The van der Waals surface area contributed by atoms with Gasteiger partial charge in [0.25, 0.3) is 0 Å². The maximum atomic E-state index is 11.4. The summed E-state index contributed by atoms with van der Waals surface area (Å²) in [6, 6.07) is 7.28. The molecule has 0 bridgehead atoms. The monoisotopic (exact) mass is 372 g/mol. The van der Waals surface area contributed by atoms with Gasteiger partial charge in [-0.05, 0) is 18.2 Å². The summed E-state index contributed by atoms with van der Waals surface area (Å²) < 4.78 is 24.1. The van der Waals surface area contributed by atoms with Crippen LogP contribution in [0.5, 0.6) is 5.75 Å². The lowest BCUT2D eigenvalue weighted by Gasteiger charge is -2.28. The molecule has 2 aromatic rings. The zero-order valence-corrected chi connectivity index (χ0v) is 13.5. The lowest BCUT2D eigenvalue weighted by atomic mass is 10.1. The minimum Gasteiger partial charge on any atom is -0.790 e. The predicted octanol–water partition coefficient (Wildman–Crippen LogP) is -1.69. The molecule has 2 atom stereocenters. The van der Waals surface area contributed by atoms with Crippen molar-refractivity contribution in [2.45, 2.75) is 12.2 Å². The van der Waals surface area contributed by atoms with Crippen molar-refractivity contribution in [3.8, 4) is 5.75 Å². The van der Waals surface area contributed by atoms with E-state index >= 15 is 0 Å². The minimum atomic E-state index is -5.36. The Hall–Kier alpha value is -2.07. The van der Waals surface area contributed by atoms with Crippen LogP contribution in [0.2, 0.25) is 0 Å². The number of hydrogen-bond acceptors (Lipinski definition) is 10. The SMILES string of the molecule is O=C(COP(=O)([O-])[O-])C(O)C(O)COc1ccc2ccc(=O)oc2c1. The minimum absolute atomic E-state index is 0.195. The second-order valence-electron chi connectivity index (χ2n) is 4.96. The number of carbonyl (C=O) groups excluding carboxylic acids is 1. The number of ether oxygens (including phenoxy) is 1. The lowest BCUT2D eigenvalue weighted by molar-refractivity contribution is -0.341. The van der Waals surface area contributed by atoms with Gasteiger partial charge >= 0.3 is 5.63 Å². The second-order valence-corrected chi connectivity index (χ2v) is 6.12. The van der Waals surface area contributed by atoms with E-state index in [0.717, 1.165) is 0 Å². The maximum Gasteiger partial charge on any atom is 0.336 e. The molecule has 1 aromatic heterocycles. The number of ketones is 1. The molecular formula is C14H13O10P-2. The maximum absolute atomic E-state index is 11.4. The van der Waals surface area contributed by atoms with E-state index in [1.165, 1.54) is 18.2 Å². The van der Waals surface area contributed by atoms with Crippen LogP contribution in [0.3, 0.4) is 0 Å². The molecule has 11 heteroatoms. The van der Waals surface area contributed by atoms with Crippen molar-refractivity contribution in [2.75, 3.05) is 13.2 Å². The molecule has 0 radical (unpaired) electrons. The van der Waals surface area contributed by atoms with Crippen molar-refractivity contribution in [2.24, 2.45) is 0 Å². The van der Waals surface area contributed by atoms with Crippen LogP contribution in [0.4, 0.5) is 0 Å². The van der Waals surface area contributed by atoms with Crippen LogP contribution in [-0.2, 0) is 13.9 Å². The van der Waals surface area contributed by atoms with Crippen molar-refractivity contribution in [3.05, 3.63) is 40.8 Å². The highest BCUT2D eigenvalue weighted by molar-refractivity contribution is 7.43. The summed E-state index contributed by atoms with van der Waals surface area (Å²) in [6.45, 7) is -1.72.